The molecule has 0 bridgehead atoms. The van der Waals surface area contributed by atoms with Crippen LogP contribution in [0.3, 0.4) is 0 Å². The van der Waals surface area contributed by atoms with Crippen LogP contribution >= 0.6 is 0 Å². The summed E-state index contributed by atoms with van der Waals surface area (Å²) in [6.07, 6.45) is -1.96. The second kappa shape index (κ2) is 3.75. The zero-order chi connectivity index (χ0) is 9.14. The average molecular weight is 176 g/mol. The van der Waals surface area contributed by atoms with Crippen LogP contribution in [-0.4, -0.2) is 47.9 Å². The summed E-state index contributed by atoms with van der Waals surface area (Å²) in [7, 11) is 1.41. The van der Waals surface area contributed by atoms with Crippen LogP contribution in [0.2, 0.25) is 0 Å². The van der Waals surface area contributed by atoms with Gasteiger partial charge in [-0.1, -0.05) is 0 Å². The summed E-state index contributed by atoms with van der Waals surface area (Å²) in [6.45, 7) is -0.324. The van der Waals surface area contributed by atoms with Crippen molar-refractivity contribution in [3.05, 3.63) is 11.5 Å². The third kappa shape index (κ3) is 1.52. The minimum absolute atomic E-state index is 0.129. The maximum absolute atomic E-state index is 9.31. The van der Waals surface area contributed by atoms with Gasteiger partial charge < -0.3 is 24.8 Å². The van der Waals surface area contributed by atoms with Crippen LogP contribution in [0.4, 0.5) is 0 Å². The van der Waals surface area contributed by atoms with Crippen LogP contribution in [0.5, 0.6) is 0 Å². The van der Waals surface area contributed by atoms with Gasteiger partial charge in [0.15, 0.2) is 11.5 Å². The number of hydrogen-bond acceptors (Lipinski definition) is 5. The van der Waals surface area contributed by atoms with E-state index in [2.05, 4.69) is 0 Å². The van der Waals surface area contributed by atoms with Gasteiger partial charge in [-0.15, -0.1) is 0 Å². The molecule has 12 heavy (non-hydrogen) atoms. The van der Waals surface area contributed by atoms with Gasteiger partial charge >= 0.3 is 0 Å². The first-order valence-electron chi connectivity index (χ1n) is 3.57. The first-order valence-corrected chi connectivity index (χ1v) is 3.57. The molecule has 0 amide bonds. The van der Waals surface area contributed by atoms with E-state index in [0.29, 0.717) is 5.76 Å². The number of hydrogen-bond donors (Lipinski definition) is 3. The molecule has 1 aliphatic rings. The highest BCUT2D eigenvalue weighted by Crippen LogP contribution is 2.21. The largest absolute Gasteiger partial charge is 0.506 e. The van der Waals surface area contributed by atoms with Gasteiger partial charge in [-0.3, -0.25) is 0 Å². The van der Waals surface area contributed by atoms with E-state index in [9.17, 15) is 5.11 Å². The fourth-order valence-corrected chi connectivity index (χ4v) is 1.03. The molecule has 5 nitrogen and oxygen atoms in total. The maximum atomic E-state index is 9.31. The van der Waals surface area contributed by atoms with Crippen molar-refractivity contribution in [1.82, 2.24) is 0 Å². The van der Waals surface area contributed by atoms with Gasteiger partial charge in [-0.05, 0) is 0 Å². The van der Waals surface area contributed by atoms with Crippen molar-refractivity contribution in [3.8, 4) is 0 Å². The molecule has 0 saturated carbocycles. The summed E-state index contributed by atoms with van der Waals surface area (Å²) in [4.78, 5) is 0. The molecule has 70 valence electrons. The van der Waals surface area contributed by atoms with E-state index in [1.807, 2.05) is 0 Å². The third-order valence-corrected chi connectivity index (χ3v) is 1.73. The predicted molar refractivity (Wildman–Crippen MR) is 39.5 cm³/mol. The standard InChI is InChI=1S/C7H12O5/c1-11-5-3-12-7(6(5)10)4(9)2-8/h4,7-10H,2-3H2,1H3. The zero-order valence-corrected chi connectivity index (χ0v) is 6.73. The average Bonchev–Trinajstić information content (AvgIpc) is 2.45. The Morgan fingerprint density at radius 2 is 2.42 bits per heavy atom. The highest BCUT2D eigenvalue weighted by atomic mass is 16.6. The summed E-state index contributed by atoms with van der Waals surface area (Å²) in [5, 5.41) is 27.0. The second-order valence-corrected chi connectivity index (χ2v) is 2.49. The molecule has 2 unspecified atom stereocenters. The third-order valence-electron chi connectivity index (χ3n) is 1.73. The Bertz CT molecular complexity index is 188. The van der Waals surface area contributed by atoms with Crippen molar-refractivity contribution in [2.75, 3.05) is 20.3 Å². The Hall–Kier alpha value is -0.780. The van der Waals surface area contributed by atoms with E-state index in [1.165, 1.54) is 7.11 Å². The van der Waals surface area contributed by atoms with Crippen molar-refractivity contribution < 1.29 is 24.8 Å². The van der Waals surface area contributed by atoms with Gasteiger partial charge in [0.2, 0.25) is 0 Å². The van der Waals surface area contributed by atoms with Crippen LogP contribution in [-0.2, 0) is 9.47 Å². The van der Waals surface area contributed by atoms with Crippen LogP contribution in [0, 0.1) is 0 Å². The van der Waals surface area contributed by atoms with E-state index in [1.54, 1.807) is 0 Å². The highest BCUT2D eigenvalue weighted by Gasteiger charge is 2.32. The SMILES string of the molecule is COC1=C(O)C(C(O)CO)OC1. The van der Waals surface area contributed by atoms with Crippen LogP contribution < -0.4 is 0 Å². The molecular weight excluding hydrogens is 164 g/mol. The fraction of sp³-hybridized carbons (Fsp3) is 0.714. The van der Waals surface area contributed by atoms with E-state index in [4.69, 9.17) is 19.7 Å². The normalized spacial score (nSPS) is 26.1. The molecule has 0 fully saturated rings. The van der Waals surface area contributed by atoms with Gasteiger partial charge in [0.1, 0.15) is 18.8 Å². The molecule has 0 saturated heterocycles. The minimum atomic E-state index is -1.10. The molecule has 0 aliphatic carbocycles. The van der Waals surface area contributed by atoms with Crippen LogP contribution in [0.15, 0.2) is 11.5 Å². The zero-order valence-electron chi connectivity index (χ0n) is 6.73. The molecular formula is C7H12O5. The second-order valence-electron chi connectivity index (χ2n) is 2.49. The maximum Gasteiger partial charge on any atom is 0.164 e. The minimum Gasteiger partial charge on any atom is -0.506 e. The first kappa shape index (κ1) is 9.31. The van der Waals surface area contributed by atoms with Crippen LogP contribution in [0.1, 0.15) is 0 Å². The van der Waals surface area contributed by atoms with Crippen molar-refractivity contribution in [3.63, 3.8) is 0 Å². The van der Waals surface area contributed by atoms with Gasteiger partial charge in [0.05, 0.1) is 13.7 Å². The summed E-state index contributed by atoms with van der Waals surface area (Å²) in [5.41, 5.74) is 0. The molecule has 0 radical (unpaired) electrons. The predicted octanol–water partition coefficient (Wildman–Crippen LogP) is -0.846. The summed E-state index contributed by atoms with van der Waals surface area (Å²) in [6, 6.07) is 0. The van der Waals surface area contributed by atoms with E-state index in [-0.39, 0.29) is 12.4 Å². The molecule has 0 aromatic rings. The summed E-state index contributed by atoms with van der Waals surface area (Å²) < 4.78 is 9.72. The van der Waals surface area contributed by atoms with Crippen molar-refractivity contribution >= 4 is 0 Å². The number of aliphatic hydroxyl groups excluding tert-OH is 3. The van der Waals surface area contributed by atoms with E-state index < -0.39 is 18.8 Å². The number of rotatable bonds is 3. The van der Waals surface area contributed by atoms with Crippen LogP contribution in [0.25, 0.3) is 0 Å². The topological polar surface area (TPSA) is 79.2 Å². The van der Waals surface area contributed by atoms with Crippen molar-refractivity contribution in [2.45, 2.75) is 12.2 Å². The Kier molecular flexibility index (Phi) is 2.91. The van der Waals surface area contributed by atoms with Gasteiger partial charge in [0, 0.05) is 0 Å². The Labute approximate surface area is 69.8 Å². The highest BCUT2D eigenvalue weighted by molar-refractivity contribution is 5.13. The summed E-state index contributed by atoms with van der Waals surface area (Å²) >= 11 is 0. The van der Waals surface area contributed by atoms with Crippen molar-refractivity contribution in [2.24, 2.45) is 0 Å². The fourth-order valence-electron chi connectivity index (χ4n) is 1.03. The first-order chi connectivity index (χ1) is 5.70. The number of ether oxygens (including phenoxy) is 2. The van der Waals surface area contributed by atoms with Gasteiger partial charge in [0.25, 0.3) is 0 Å². The lowest BCUT2D eigenvalue weighted by molar-refractivity contribution is -0.0345. The van der Waals surface area contributed by atoms with Gasteiger partial charge in [-0.25, -0.2) is 0 Å². The Morgan fingerprint density at radius 1 is 1.75 bits per heavy atom. The smallest absolute Gasteiger partial charge is 0.164 e. The molecule has 2 atom stereocenters. The van der Waals surface area contributed by atoms with Gasteiger partial charge in [-0.2, -0.15) is 0 Å². The lowest BCUT2D eigenvalue weighted by Crippen LogP contribution is -2.31. The molecule has 5 heteroatoms. The molecule has 0 aromatic heterocycles. The Morgan fingerprint density at radius 3 is 2.83 bits per heavy atom. The lowest BCUT2D eigenvalue weighted by atomic mass is 10.2. The molecule has 1 rings (SSSR count). The quantitative estimate of drug-likeness (QED) is 0.522. The molecule has 3 N–H and O–H groups in total. The monoisotopic (exact) mass is 176 g/mol. The van der Waals surface area contributed by atoms with Crippen molar-refractivity contribution in [1.29, 1.82) is 0 Å². The lowest BCUT2D eigenvalue weighted by Gasteiger charge is -2.14. The molecule has 0 spiro atoms. The summed E-state index contributed by atoms with van der Waals surface area (Å²) in [5.74, 6) is 0.159. The Balaban J connectivity index is 2.66. The number of aliphatic hydroxyl groups is 3. The molecule has 1 heterocycles. The number of methoxy groups -OCH3 is 1. The van der Waals surface area contributed by atoms with E-state index in [0.717, 1.165) is 0 Å². The van der Waals surface area contributed by atoms with E-state index >= 15 is 0 Å². The molecule has 0 aromatic carbocycles. The molecule has 1 aliphatic heterocycles.